The molecule has 0 aromatic heterocycles. The van der Waals surface area contributed by atoms with Crippen molar-refractivity contribution in [2.24, 2.45) is 0 Å². The first kappa shape index (κ1) is 16.7. The summed E-state index contributed by atoms with van der Waals surface area (Å²) in [5, 5.41) is 2.85. The fourth-order valence-corrected chi connectivity index (χ4v) is 2.09. The lowest BCUT2D eigenvalue weighted by molar-refractivity contribution is -0.118. The number of nitrogens with one attached hydrogen (secondary N) is 1. The van der Waals surface area contributed by atoms with E-state index in [-0.39, 0.29) is 12.5 Å². The quantitative estimate of drug-likeness (QED) is 0.888. The Labute approximate surface area is 136 Å². The van der Waals surface area contributed by atoms with Crippen molar-refractivity contribution in [2.75, 3.05) is 26.1 Å². The Kier molecular flexibility index (Phi) is 5.46. The molecule has 0 aliphatic rings. The predicted molar refractivity (Wildman–Crippen MR) is 89.6 cm³/mol. The van der Waals surface area contributed by atoms with Crippen molar-refractivity contribution in [2.45, 2.75) is 13.8 Å². The lowest BCUT2D eigenvalue weighted by atomic mass is 10.1. The van der Waals surface area contributed by atoms with Crippen LogP contribution in [0.3, 0.4) is 0 Å². The van der Waals surface area contributed by atoms with Crippen molar-refractivity contribution in [3.8, 4) is 17.2 Å². The lowest BCUT2D eigenvalue weighted by Crippen LogP contribution is -2.20. The Balaban J connectivity index is 2.00. The Bertz CT molecular complexity index is 675. The van der Waals surface area contributed by atoms with E-state index >= 15 is 0 Å². The molecule has 122 valence electrons. The van der Waals surface area contributed by atoms with Crippen LogP contribution >= 0.6 is 0 Å². The van der Waals surface area contributed by atoms with E-state index in [1.165, 1.54) is 0 Å². The molecule has 0 aliphatic heterocycles. The summed E-state index contributed by atoms with van der Waals surface area (Å²) in [6.07, 6.45) is 0. The van der Waals surface area contributed by atoms with Gasteiger partial charge in [0.2, 0.25) is 0 Å². The van der Waals surface area contributed by atoms with Crippen LogP contribution in [-0.4, -0.2) is 26.7 Å². The average molecular weight is 315 g/mol. The van der Waals surface area contributed by atoms with Gasteiger partial charge in [-0.25, -0.2) is 0 Å². The number of aryl methyl sites for hydroxylation is 1. The minimum absolute atomic E-state index is 0.0935. The second kappa shape index (κ2) is 7.54. The van der Waals surface area contributed by atoms with Gasteiger partial charge in [0.25, 0.3) is 5.91 Å². The molecule has 2 aromatic carbocycles. The Morgan fingerprint density at radius 3 is 2.22 bits per heavy atom. The zero-order chi connectivity index (χ0) is 16.8. The largest absolute Gasteiger partial charge is 0.496 e. The second-order valence-corrected chi connectivity index (χ2v) is 5.13. The second-order valence-electron chi connectivity index (χ2n) is 5.13. The van der Waals surface area contributed by atoms with Crippen molar-refractivity contribution < 1.29 is 19.0 Å². The third-order valence-corrected chi connectivity index (χ3v) is 3.57. The fourth-order valence-electron chi connectivity index (χ4n) is 2.09. The number of benzene rings is 2. The van der Waals surface area contributed by atoms with Gasteiger partial charge in [0.1, 0.15) is 17.2 Å². The molecule has 0 heterocycles. The number of anilines is 1. The fraction of sp³-hybridized carbons (Fsp3) is 0.278. The maximum atomic E-state index is 12.1. The Hall–Kier alpha value is -2.69. The number of carbonyl (C=O) groups is 1. The van der Waals surface area contributed by atoms with Gasteiger partial charge in [-0.05, 0) is 31.0 Å². The van der Waals surface area contributed by atoms with E-state index in [4.69, 9.17) is 14.2 Å². The van der Waals surface area contributed by atoms with E-state index in [0.29, 0.717) is 17.2 Å². The molecule has 1 N–H and O–H groups in total. The molecule has 0 atom stereocenters. The highest BCUT2D eigenvalue weighted by molar-refractivity contribution is 5.92. The molecule has 0 fully saturated rings. The Morgan fingerprint density at radius 1 is 1.00 bits per heavy atom. The highest BCUT2D eigenvalue weighted by Gasteiger charge is 2.08. The zero-order valence-electron chi connectivity index (χ0n) is 13.8. The van der Waals surface area contributed by atoms with Crippen molar-refractivity contribution in [1.82, 2.24) is 0 Å². The molecule has 0 unspecified atom stereocenters. The SMILES string of the molecule is COc1cc(OC)cc(OCC(=O)Nc2cccc(C)c2C)c1. The van der Waals surface area contributed by atoms with E-state index in [1.807, 2.05) is 32.0 Å². The van der Waals surface area contributed by atoms with E-state index in [1.54, 1.807) is 32.4 Å². The number of amides is 1. The van der Waals surface area contributed by atoms with Crippen LogP contribution in [0.25, 0.3) is 0 Å². The van der Waals surface area contributed by atoms with Crippen LogP contribution in [0.15, 0.2) is 36.4 Å². The van der Waals surface area contributed by atoms with Crippen molar-refractivity contribution in [1.29, 1.82) is 0 Å². The smallest absolute Gasteiger partial charge is 0.262 e. The minimum atomic E-state index is -0.222. The number of hydrogen-bond acceptors (Lipinski definition) is 4. The normalized spacial score (nSPS) is 10.1. The van der Waals surface area contributed by atoms with Crippen LogP contribution in [0, 0.1) is 13.8 Å². The maximum Gasteiger partial charge on any atom is 0.262 e. The summed E-state index contributed by atoms with van der Waals surface area (Å²) in [4.78, 5) is 12.1. The molecule has 0 saturated carbocycles. The lowest BCUT2D eigenvalue weighted by Gasteiger charge is -2.12. The van der Waals surface area contributed by atoms with Crippen molar-refractivity contribution in [3.05, 3.63) is 47.5 Å². The third-order valence-electron chi connectivity index (χ3n) is 3.57. The summed E-state index contributed by atoms with van der Waals surface area (Å²) in [6, 6.07) is 10.9. The molecule has 0 aliphatic carbocycles. The molecule has 0 saturated heterocycles. The topological polar surface area (TPSA) is 56.8 Å². The summed E-state index contributed by atoms with van der Waals surface area (Å²) in [6.45, 7) is 3.88. The van der Waals surface area contributed by atoms with Gasteiger partial charge < -0.3 is 19.5 Å². The molecule has 0 spiro atoms. The van der Waals surface area contributed by atoms with Gasteiger partial charge in [-0.15, -0.1) is 0 Å². The standard InChI is InChI=1S/C18H21NO4/c1-12-6-5-7-17(13(12)2)19-18(20)11-23-16-9-14(21-3)8-15(10-16)22-4/h5-10H,11H2,1-4H3,(H,19,20). The first-order valence-corrected chi connectivity index (χ1v) is 7.25. The van der Waals surface area contributed by atoms with Crippen LogP contribution in [0.1, 0.15) is 11.1 Å². The molecule has 5 heteroatoms. The van der Waals surface area contributed by atoms with Crippen LogP contribution in [0.4, 0.5) is 5.69 Å². The van der Waals surface area contributed by atoms with Crippen molar-refractivity contribution >= 4 is 11.6 Å². The van der Waals surface area contributed by atoms with Crippen LogP contribution in [0.2, 0.25) is 0 Å². The first-order chi connectivity index (χ1) is 11.0. The molecule has 1 amide bonds. The van der Waals surface area contributed by atoms with Gasteiger partial charge in [-0.1, -0.05) is 12.1 Å². The summed E-state index contributed by atoms with van der Waals surface area (Å²) >= 11 is 0. The summed E-state index contributed by atoms with van der Waals surface area (Å²) < 4.78 is 15.9. The molecule has 0 radical (unpaired) electrons. The van der Waals surface area contributed by atoms with E-state index in [9.17, 15) is 4.79 Å². The molecule has 2 aromatic rings. The summed E-state index contributed by atoms with van der Waals surface area (Å²) in [5.74, 6) is 1.50. The molecular weight excluding hydrogens is 294 g/mol. The molecule has 2 rings (SSSR count). The van der Waals surface area contributed by atoms with Gasteiger partial charge in [-0.2, -0.15) is 0 Å². The van der Waals surface area contributed by atoms with Gasteiger partial charge in [0, 0.05) is 23.9 Å². The van der Waals surface area contributed by atoms with E-state index in [2.05, 4.69) is 5.32 Å². The van der Waals surface area contributed by atoms with Crippen LogP contribution < -0.4 is 19.5 Å². The molecule has 5 nitrogen and oxygen atoms in total. The minimum Gasteiger partial charge on any atom is -0.496 e. The van der Waals surface area contributed by atoms with Crippen LogP contribution in [-0.2, 0) is 4.79 Å². The number of carbonyl (C=O) groups excluding carboxylic acids is 1. The summed E-state index contributed by atoms with van der Waals surface area (Å²) in [5.41, 5.74) is 2.96. The van der Waals surface area contributed by atoms with Gasteiger partial charge in [0.15, 0.2) is 6.61 Å². The van der Waals surface area contributed by atoms with E-state index < -0.39 is 0 Å². The number of hydrogen-bond donors (Lipinski definition) is 1. The number of rotatable bonds is 6. The Morgan fingerprint density at radius 2 is 1.61 bits per heavy atom. The number of methoxy groups -OCH3 is 2. The average Bonchev–Trinajstić information content (AvgIpc) is 2.56. The van der Waals surface area contributed by atoms with Crippen molar-refractivity contribution in [3.63, 3.8) is 0 Å². The van der Waals surface area contributed by atoms with Crippen LogP contribution in [0.5, 0.6) is 17.2 Å². The molecule has 0 bridgehead atoms. The van der Waals surface area contributed by atoms with Gasteiger partial charge >= 0.3 is 0 Å². The first-order valence-electron chi connectivity index (χ1n) is 7.25. The molecular formula is C18H21NO4. The maximum absolute atomic E-state index is 12.1. The van der Waals surface area contributed by atoms with Gasteiger partial charge in [0.05, 0.1) is 14.2 Å². The third kappa shape index (κ3) is 4.39. The monoisotopic (exact) mass is 315 g/mol. The zero-order valence-corrected chi connectivity index (χ0v) is 13.8. The number of ether oxygens (including phenoxy) is 3. The summed E-state index contributed by atoms with van der Waals surface area (Å²) in [7, 11) is 3.12. The van der Waals surface area contributed by atoms with Gasteiger partial charge in [-0.3, -0.25) is 4.79 Å². The molecule has 23 heavy (non-hydrogen) atoms. The van der Waals surface area contributed by atoms with E-state index in [0.717, 1.165) is 16.8 Å². The highest BCUT2D eigenvalue weighted by Crippen LogP contribution is 2.27. The predicted octanol–water partition coefficient (Wildman–Crippen LogP) is 3.34. The highest BCUT2D eigenvalue weighted by atomic mass is 16.5.